The maximum absolute atomic E-state index is 15.2. The summed E-state index contributed by atoms with van der Waals surface area (Å²) in [5, 5.41) is 23.2. The fourth-order valence-electron chi connectivity index (χ4n) is 4.02. The molecule has 0 aliphatic heterocycles. The van der Waals surface area contributed by atoms with Gasteiger partial charge in [-0.2, -0.15) is 0 Å². The van der Waals surface area contributed by atoms with Crippen molar-refractivity contribution in [3.05, 3.63) is 76.5 Å². The molecule has 0 spiro atoms. The SMILES string of the molecule is Cc1nc2cc(F)c(-c3cnc(C(C)(C)O)nc3)cc2c(N[C@H](C)c2cc(OCCCO)ccc2F)c1Cl. The summed E-state index contributed by atoms with van der Waals surface area (Å²) >= 11 is 6.66. The number of aliphatic hydroxyl groups is 2. The Balaban J connectivity index is 1.75. The number of fused-ring (bicyclic) bond motifs is 1. The Kier molecular flexibility index (Phi) is 8.10. The van der Waals surface area contributed by atoms with Crippen LogP contribution in [0.25, 0.3) is 22.0 Å². The number of benzene rings is 2. The lowest BCUT2D eigenvalue weighted by molar-refractivity contribution is 0.0687. The molecule has 2 aromatic heterocycles. The minimum atomic E-state index is -1.24. The summed E-state index contributed by atoms with van der Waals surface area (Å²) in [4.78, 5) is 12.8. The van der Waals surface area contributed by atoms with Crippen LogP contribution in [0, 0.1) is 18.6 Å². The Morgan fingerprint density at radius 2 is 1.82 bits per heavy atom. The monoisotopic (exact) mass is 542 g/mol. The maximum atomic E-state index is 15.2. The summed E-state index contributed by atoms with van der Waals surface area (Å²) in [5.41, 5.74) is 1.08. The molecule has 0 amide bonds. The number of halogens is 3. The minimum absolute atomic E-state index is 0.00273. The molecule has 0 radical (unpaired) electrons. The van der Waals surface area contributed by atoms with Crippen LogP contribution in [0.4, 0.5) is 14.5 Å². The Labute approximate surface area is 224 Å². The van der Waals surface area contributed by atoms with Gasteiger partial charge in [0.25, 0.3) is 0 Å². The second kappa shape index (κ2) is 11.1. The van der Waals surface area contributed by atoms with E-state index in [1.54, 1.807) is 39.8 Å². The van der Waals surface area contributed by atoms with E-state index in [0.29, 0.717) is 57.2 Å². The van der Waals surface area contributed by atoms with Gasteiger partial charge in [-0.15, -0.1) is 0 Å². The standard InChI is InChI=1S/C28H29ClF2N4O3/c1-15(19-10-18(6-7-22(19)30)38-9-5-8-36)35-26-21-11-20(17-13-32-27(33-14-17)28(3,4)37)23(31)12-24(21)34-16(2)25(26)29/h6-7,10-15,36-37H,5,8-9H2,1-4H3,(H,34,35)/t15-/m1/s1. The number of aryl methyl sites for hydroxylation is 1. The summed E-state index contributed by atoms with van der Waals surface area (Å²) in [7, 11) is 0. The van der Waals surface area contributed by atoms with E-state index in [0.717, 1.165) is 0 Å². The van der Waals surface area contributed by atoms with Gasteiger partial charge in [-0.05, 0) is 52.0 Å². The Morgan fingerprint density at radius 3 is 2.47 bits per heavy atom. The normalized spacial score (nSPS) is 12.6. The first-order valence-electron chi connectivity index (χ1n) is 12.1. The second-order valence-corrected chi connectivity index (χ2v) is 9.94. The van der Waals surface area contributed by atoms with E-state index in [1.807, 2.05) is 0 Å². The highest BCUT2D eigenvalue weighted by Gasteiger charge is 2.22. The number of hydrogen-bond acceptors (Lipinski definition) is 7. The van der Waals surface area contributed by atoms with Gasteiger partial charge in [0.15, 0.2) is 5.82 Å². The minimum Gasteiger partial charge on any atom is -0.493 e. The van der Waals surface area contributed by atoms with E-state index in [1.165, 1.54) is 30.6 Å². The van der Waals surface area contributed by atoms with Crippen molar-refractivity contribution >= 4 is 28.2 Å². The Morgan fingerprint density at radius 1 is 1.11 bits per heavy atom. The van der Waals surface area contributed by atoms with Gasteiger partial charge in [-0.25, -0.2) is 18.7 Å². The molecule has 3 N–H and O–H groups in total. The molecule has 200 valence electrons. The zero-order valence-electron chi connectivity index (χ0n) is 21.5. The van der Waals surface area contributed by atoms with Crippen molar-refractivity contribution in [2.24, 2.45) is 0 Å². The number of pyridine rings is 1. The highest BCUT2D eigenvalue weighted by atomic mass is 35.5. The van der Waals surface area contributed by atoms with E-state index >= 15 is 4.39 Å². The Hall–Kier alpha value is -3.40. The van der Waals surface area contributed by atoms with Crippen molar-refractivity contribution in [1.29, 1.82) is 0 Å². The van der Waals surface area contributed by atoms with E-state index in [2.05, 4.69) is 20.3 Å². The lowest BCUT2D eigenvalue weighted by atomic mass is 10.0. The number of nitrogens with zero attached hydrogens (tertiary/aromatic N) is 3. The molecule has 38 heavy (non-hydrogen) atoms. The van der Waals surface area contributed by atoms with Crippen LogP contribution in [-0.2, 0) is 5.60 Å². The van der Waals surface area contributed by atoms with Crippen LogP contribution in [-0.4, -0.2) is 38.4 Å². The molecular weight excluding hydrogens is 514 g/mol. The lowest BCUT2D eigenvalue weighted by Gasteiger charge is -2.21. The number of aliphatic hydroxyl groups excluding tert-OH is 1. The number of aromatic nitrogens is 3. The molecular formula is C28H29ClF2N4O3. The molecule has 2 aromatic carbocycles. The first kappa shape index (κ1) is 27.6. The van der Waals surface area contributed by atoms with Crippen LogP contribution in [0.3, 0.4) is 0 Å². The quantitative estimate of drug-likeness (QED) is 0.220. The molecule has 0 aliphatic rings. The van der Waals surface area contributed by atoms with Crippen LogP contribution in [0.1, 0.15) is 50.3 Å². The lowest BCUT2D eigenvalue weighted by Crippen LogP contribution is -2.19. The number of nitrogens with one attached hydrogen (secondary N) is 1. The van der Waals surface area contributed by atoms with Crippen LogP contribution < -0.4 is 10.1 Å². The first-order valence-corrected chi connectivity index (χ1v) is 12.5. The summed E-state index contributed by atoms with van der Waals surface area (Å²) in [6, 6.07) is 6.82. The molecule has 10 heteroatoms. The molecule has 4 aromatic rings. The van der Waals surface area contributed by atoms with Crippen molar-refractivity contribution in [2.75, 3.05) is 18.5 Å². The predicted molar refractivity (Wildman–Crippen MR) is 143 cm³/mol. The molecule has 0 aliphatic carbocycles. The van der Waals surface area contributed by atoms with Gasteiger partial charge in [0, 0.05) is 53.6 Å². The van der Waals surface area contributed by atoms with Gasteiger partial charge < -0.3 is 20.3 Å². The summed E-state index contributed by atoms with van der Waals surface area (Å²) in [6.07, 6.45) is 3.35. The van der Waals surface area contributed by atoms with Crippen molar-refractivity contribution in [3.63, 3.8) is 0 Å². The van der Waals surface area contributed by atoms with Gasteiger partial charge in [0.05, 0.1) is 34.6 Å². The van der Waals surface area contributed by atoms with E-state index in [9.17, 15) is 9.50 Å². The third-order valence-corrected chi connectivity index (χ3v) is 6.52. The molecule has 2 heterocycles. The Bertz CT molecular complexity index is 1460. The van der Waals surface area contributed by atoms with Gasteiger partial charge in [-0.1, -0.05) is 11.6 Å². The van der Waals surface area contributed by atoms with Crippen LogP contribution in [0.15, 0.2) is 42.7 Å². The van der Waals surface area contributed by atoms with E-state index in [-0.39, 0.29) is 18.0 Å². The highest BCUT2D eigenvalue weighted by molar-refractivity contribution is 6.35. The molecule has 4 rings (SSSR count). The molecule has 0 saturated heterocycles. The summed E-state index contributed by atoms with van der Waals surface area (Å²) in [5.74, 6) is -0.265. The summed E-state index contributed by atoms with van der Waals surface area (Å²) < 4.78 is 35.6. The summed E-state index contributed by atoms with van der Waals surface area (Å²) in [6.45, 7) is 6.92. The van der Waals surface area contributed by atoms with Crippen molar-refractivity contribution in [3.8, 4) is 16.9 Å². The number of anilines is 1. The van der Waals surface area contributed by atoms with Crippen molar-refractivity contribution in [2.45, 2.75) is 45.8 Å². The van der Waals surface area contributed by atoms with Crippen LogP contribution in [0.2, 0.25) is 5.02 Å². The van der Waals surface area contributed by atoms with Crippen molar-refractivity contribution < 1.29 is 23.7 Å². The fourth-order valence-corrected chi connectivity index (χ4v) is 4.22. The van der Waals surface area contributed by atoms with Crippen LogP contribution in [0.5, 0.6) is 5.75 Å². The molecule has 0 bridgehead atoms. The predicted octanol–water partition coefficient (Wildman–Crippen LogP) is 6.09. The third-order valence-electron chi connectivity index (χ3n) is 6.06. The first-order chi connectivity index (χ1) is 18.0. The maximum Gasteiger partial charge on any atom is 0.159 e. The van der Waals surface area contributed by atoms with Gasteiger partial charge in [0.1, 0.15) is 23.0 Å². The topological polar surface area (TPSA) is 100 Å². The highest BCUT2D eigenvalue weighted by Crippen LogP contribution is 2.38. The third kappa shape index (κ3) is 5.85. The smallest absolute Gasteiger partial charge is 0.159 e. The van der Waals surface area contributed by atoms with Gasteiger partial charge >= 0.3 is 0 Å². The molecule has 0 fully saturated rings. The second-order valence-electron chi connectivity index (χ2n) is 9.56. The van der Waals surface area contributed by atoms with Crippen LogP contribution >= 0.6 is 11.6 Å². The number of rotatable bonds is 9. The average molecular weight is 543 g/mol. The molecule has 0 saturated carbocycles. The average Bonchev–Trinajstić information content (AvgIpc) is 2.87. The largest absolute Gasteiger partial charge is 0.493 e. The van der Waals surface area contributed by atoms with Gasteiger partial charge in [0.2, 0.25) is 0 Å². The van der Waals surface area contributed by atoms with Crippen molar-refractivity contribution in [1.82, 2.24) is 15.0 Å². The molecule has 7 nitrogen and oxygen atoms in total. The van der Waals surface area contributed by atoms with E-state index in [4.69, 9.17) is 21.4 Å². The van der Waals surface area contributed by atoms with Gasteiger partial charge in [-0.3, -0.25) is 4.98 Å². The molecule has 1 atom stereocenters. The number of hydrogen-bond donors (Lipinski definition) is 3. The zero-order chi connectivity index (χ0) is 27.6. The number of ether oxygens (including phenoxy) is 1. The van der Waals surface area contributed by atoms with E-state index < -0.39 is 23.3 Å². The fraction of sp³-hybridized carbons (Fsp3) is 0.321. The zero-order valence-corrected chi connectivity index (χ0v) is 22.3. The molecule has 0 unspecified atom stereocenters.